The van der Waals surface area contributed by atoms with Crippen LogP contribution in [0.25, 0.3) is 10.1 Å². The van der Waals surface area contributed by atoms with Crippen molar-refractivity contribution >= 4 is 96.6 Å². The largest absolute Gasteiger partial charge is 0.506 e. The van der Waals surface area contributed by atoms with E-state index in [1.165, 1.54) is 18.2 Å². The topological polar surface area (TPSA) is 49.7 Å². The van der Waals surface area contributed by atoms with Crippen LogP contribution in [0.3, 0.4) is 0 Å². The van der Waals surface area contributed by atoms with Crippen LogP contribution < -0.4 is 0 Å². The Kier molecular flexibility index (Phi) is 4.19. The summed E-state index contributed by atoms with van der Waals surface area (Å²) in [5, 5.41) is 12.2. The summed E-state index contributed by atoms with van der Waals surface area (Å²) in [5.74, 6) is -0.517. The van der Waals surface area contributed by atoms with Gasteiger partial charge in [-0.25, -0.2) is 4.99 Å². The van der Waals surface area contributed by atoms with Gasteiger partial charge in [0.15, 0.2) is 0 Å². The Morgan fingerprint density at radius 2 is 1.68 bits per heavy atom. The van der Waals surface area contributed by atoms with Gasteiger partial charge in [-0.3, -0.25) is 4.79 Å². The third-order valence-corrected chi connectivity index (χ3v) is 6.82. The third kappa shape index (κ3) is 2.55. The normalized spacial score (nSPS) is 13.5. The van der Waals surface area contributed by atoms with Crippen LogP contribution in [-0.2, 0) is 0 Å². The number of nitrogens with zero attached hydrogens (tertiary/aromatic N) is 1. The number of fused-ring (bicyclic) bond motifs is 2. The fraction of sp³-hybridized carbons (Fsp3) is 0. The van der Waals surface area contributed by atoms with Crippen molar-refractivity contribution in [3.63, 3.8) is 0 Å². The van der Waals surface area contributed by atoms with Gasteiger partial charge in [-0.1, -0.05) is 58.0 Å². The maximum Gasteiger partial charge on any atom is 0.215 e. The number of thiophene rings is 1. The molecular formula is C16H4Cl5NO2S. The lowest BCUT2D eigenvalue weighted by Crippen LogP contribution is -2.09. The molecule has 0 spiro atoms. The minimum Gasteiger partial charge on any atom is -0.506 e. The van der Waals surface area contributed by atoms with Crippen LogP contribution in [0.2, 0.25) is 25.1 Å². The van der Waals surface area contributed by atoms with Gasteiger partial charge in [0, 0.05) is 10.4 Å². The molecule has 0 aliphatic carbocycles. The molecule has 0 bridgehead atoms. The molecule has 0 radical (unpaired) electrons. The molecule has 0 amide bonds. The summed E-state index contributed by atoms with van der Waals surface area (Å²) >= 11 is 31.5. The quantitative estimate of drug-likeness (QED) is 0.398. The summed E-state index contributed by atoms with van der Waals surface area (Å²) in [6, 6.07) is 4.49. The molecule has 25 heavy (non-hydrogen) atoms. The van der Waals surface area contributed by atoms with Crippen molar-refractivity contribution in [1.29, 1.82) is 0 Å². The van der Waals surface area contributed by atoms with Crippen molar-refractivity contribution in [3.8, 4) is 5.75 Å². The fourth-order valence-electron chi connectivity index (χ4n) is 2.58. The molecule has 0 fully saturated rings. The smallest absolute Gasteiger partial charge is 0.215 e. The minimum absolute atomic E-state index is 0.0705. The van der Waals surface area contributed by atoms with Crippen LogP contribution in [0.1, 0.15) is 15.2 Å². The molecule has 3 nitrogen and oxygen atoms in total. The molecular weight excluding hydrogens is 448 g/mol. The Morgan fingerprint density at radius 3 is 2.40 bits per heavy atom. The van der Waals surface area contributed by atoms with E-state index in [2.05, 4.69) is 4.99 Å². The summed E-state index contributed by atoms with van der Waals surface area (Å²) in [5.41, 5.74) is 0.679. The second-order valence-corrected chi connectivity index (χ2v) is 8.24. The summed E-state index contributed by atoms with van der Waals surface area (Å²) in [4.78, 5) is 17.3. The van der Waals surface area contributed by atoms with E-state index >= 15 is 0 Å². The highest BCUT2D eigenvalue weighted by Gasteiger charge is 2.32. The van der Waals surface area contributed by atoms with Crippen molar-refractivity contribution in [2.75, 3.05) is 0 Å². The first kappa shape index (κ1) is 17.4. The lowest BCUT2D eigenvalue weighted by Gasteiger charge is -2.00. The molecule has 1 aliphatic rings. The van der Waals surface area contributed by atoms with E-state index in [9.17, 15) is 9.90 Å². The van der Waals surface area contributed by atoms with E-state index in [-0.39, 0.29) is 47.8 Å². The van der Waals surface area contributed by atoms with Crippen LogP contribution in [0.15, 0.2) is 23.2 Å². The molecule has 1 aliphatic heterocycles. The highest BCUT2D eigenvalue weighted by Crippen LogP contribution is 2.48. The molecule has 9 heteroatoms. The first-order valence-corrected chi connectivity index (χ1v) is 9.42. The number of halogens is 5. The molecule has 0 saturated carbocycles. The molecule has 1 aromatic heterocycles. The predicted molar refractivity (Wildman–Crippen MR) is 106 cm³/mol. The van der Waals surface area contributed by atoms with Gasteiger partial charge >= 0.3 is 0 Å². The van der Waals surface area contributed by atoms with Gasteiger partial charge in [0.05, 0.1) is 40.9 Å². The summed E-state index contributed by atoms with van der Waals surface area (Å²) in [6.07, 6.45) is 0. The average Bonchev–Trinajstić information content (AvgIpc) is 3.05. The number of Topliss-reactive ketones (excluding diaryl/α,β-unsaturated/α-hetero) is 1. The number of rotatable bonds is 1. The number of aliphatic imine (C=N–C) groups is 1. The van der Waals surface area contributed by atoms with E-state index in [4.69, 9.17) is 58.0 Å². The van der Waals surface area contributed by atoms with E-state index in [0.717, 1.165) is 11.3 Å². The van der Waals surface area contributed by atoms with Gasteiger partial charge in [-0.05, 0) is 18.2 Å². The number of hydrogen-bond acceptors (Lipinski definition) is 4. The van der Waals surface area contributed by atoms with Crippen LogP contribution in [-0.4, -0.2) is 16.6 Å². The van der Waals surface area contributed by atoms with E-state index < -0.39 is 0 Å². The SMILES string of the molecule is O=C1C(c2sc3c(Cl)c(Cl)c(Cl)cc3c2O)=Nc2c(Cl)cc(Cl)cc21. The van der Waals surface area contributed by atoms with Gasteiger partial charge in [0.25, 0.3) is 0 Å². The second-order valence-electron chi connectivity index (χ2n) is 5.22. The molecule has 0 saturated heterocycles. The summed E-state index contributed by atoms with van der Waals surface area (Å²) < 4.78 is 0.513. The van der Waals surface area contributed by atoms with Gasteiger partial charge in [-0.15, -0.1) is 11.3 Å². The van der Waals surface area contributed by atoms with Gasteiger partial charge in [-0.2, -0.15) is 0 Å². The second kappa shape index (κ2) is 6.02. The number of carbonyl (C=O) groups excluding carboxylic acids is 1. The third-order valence-electron chi connectivity index (χ3n) is 3.72. The Balaban J connectivity index is 1.96. The number of ketones is 1. The molecule has 1 N–H and O–H groups in total. The molecule has 0 atom stereocenters. The highest BCUT2D eigenvalue weighted by molar-refractivity contribution is 7.23. The van der Waals surface area contributed by atoms with Gasteiger partial charge in [0.2, 0.25) is 5.78 Å². The Morgan fingerprint density at radius 1 is 0.960 bits per heavy atom. The van der Waals surface area contributed by atoms with E-state index in [0.29, 0.717) is 20.8 Å². The van der Waals surface area contributed by atoms with E-state index in [1.54, 1.807) is 0 Å². The zero-order valence-electron chi connectivity index (χ0n) is 11.8. The Bertz CT molecular complexity index is 1140. The predicted octanol–water partition coefficient (Wildman–Crippen LogP) is 7.19. The number of benzene rings is 2. The Hall–Kier alpha value is -1.01. The average molecular weight is 452 g/mol. The highest BCUT2D eigenvalue weighted by atomic mass is 35.5. The molecule has 4 rings (SSSR count). The first-order chi connectivity index (χ1) is 11.8. The molecule has 0 unspecified atom stereocenters. The fourth-order valence-corrected chi connectivity index (χ4v) is 5.00. The zero-order chi connectivity index (χ0) is 18.0. The lowest BCUT2D eigenvalue weighted by atomic mass is 10.1. The van der Waals surface area contributed by atoms with E-state index in [1.807, 2.05) is 0 Å². The standard InChI is InChI=1S/C16H4Cl5NO2S/c17-4-1-5-11(8(19)2-4)22-12(13(5)23)16-14(24)6-3-7(18)9(20)10(21)15(6)25-16/h1-3,24H. The van der Waals surface area contributed by atoms with Gasteiger partial charge < -0.3 is 5.11 Å². The maximum atomic E-state index is 12.7. The van der Waals surface area contributed by atoms with Crippen LogP contribution in [0.4, 0.5) is 5.69 Å². The van der Waals surface area contributed by atoms with Crippen LogP contribution in [0.5, 0.6) is 5.75 Å². The first-order valence-electron chi connectivity index (χ1n) is 6.71. The summed E-state index contributed by atoms with van der Waals surface area (Å²) in [6.45, 7) is 0. The van der Waals surface area contributed by atoms with Gasteiger partial charge in [0.1, 0.15) is 11.5 Å². The molecule has 2 aromatic carbocycles. The van der Waals surface area contributed by atoms with Crippen molar-refractivity contribution in [2.45, 2.75) is 0 Å². The molecule has 126 valence electrons. The zero-order valence-corrected chi connectivity index (χ0v) is 16.4. The number of hydrogen-bond donors (Lipinski definition) is 1. The van der Waals surface area contributed by atoms with Crippen molar-refractivity contribution in [2.24, 2.45) is 4.99 Å². The Labute approximate surface area is 170 Å². The minimum atomic E-state index is -0.380. The summed E-state index contributed by atoms with van der Waals surface area (Å²) in [7, 11) is 0. The van der Waals surface area contributed by atoms with Crippen molar-refractivity contribution in [1.82, 2.24) is 0 Å². The van der Waals surface area contributed by atoms with Crippen LogP contribution >= 0.6 is 69.3 Å². The number of aromatic hydroxyl groups is 1. The van der Waals surface area contributed by atoms with Crippen molar-refractivity contribution < 1.29 is 9.90 Å². The molecule has 2 heterocycles. The van der Waals surface area contributed by atoms with Crippen molar-refractivity contribution in [3.05, 3.63) is 53.8 Å². The number of carbonyl (C=O) groups is 1. The lowest BCUT2D eigenvalue weighted by molar-refractivity contribution is 0.107. The maximum absolute atomic E-state index is 12.7. The molecule has 3 aromatic rings. The monoisotopic (exact) mass is 449 g/mol. The van der Waals surface area contributed by atoms with Crippen LogP contribution in [0, 0.1) is 0 Å².